The van der Waals surface area contributed by atoms with Crippen LogP contribution in [0.4, 0.5) is 0 Å². The van der Waals surface area contributed by atoms with Crippen LogP contribution < -0.4 is 11.3 Å². The molecule has 1 atom stereocenters. The maximum absolute atomic E-state index is 5.81. The van der Waals surface area contributed by atoms with E-state index in [4.69, 9.17) is 5.84 Å². The van der Waals surface area contributed by atoms with Crippen molar-refractivity contribution in [3.63, 3.8) is 0 Å². The molecule has 104 valence electrons. The lowest BCUT2D eigenvalue weighted by atomic mass is 9.74. The monoisotopic (exact) mass is 277 g/mol. The van der Waals surface area contributed by atoms with Gasteiger partial charge in [0.25, 0.3) is 0 Å². The summed E-state index contributed by atoms with van der Waals surface area (Å²) in [6, 6.07) is 6.53. The highest BCUT2D eigenvalue weighted by molar-refractivity contribution is 8.01. The molecule has 1 aliphatic heterocycles. The number of nitrogens with one attached hydrogen (secondary N) is 1. The van der Waals surface area contributed by atoms with E-state index < -0.39 is 0 Å². The van der Waals surface area contributed by atoms with Crippen molar-refractivity contribution in [2.45, 2.75) is 46.0 Å². The van der Waals surface area contributed by atoms with Gasteiger partial charge in [0.2, 0.25) is 0 Å². The van der Waals surface area contributed by atoms with Crippen molar-refractivity contribution in [2.75, 3.05) is 0 Å². The second-order valence-corrected chi connectivity index (χ2v) is 6.42. The SMILES string of the molecule is CCCC(C)(C1=CNN(N)S1)c1c(C)cccc1C. The second kappa shape index (κ2) is 5.57. The van der Waals surface area contributed by atoms with Crippen molar-refractivity contribution in [2.24, 2.45) is 5.84 Å². The fourth-order valence-electron chi connectivity index (χ4n) is 3.10. The van der Waals surface area contributed by atoms with Crippen LogP contribution >= 0.6 is 11.9 Å². The minimum atomic E-state index is 0.0238. The first kappa shape index (κ1) is 14.4. The first-order chi connectivity index (χ1) is 8.99. The zero-order valence-corrected chi connectivity index (χ0v) is 13.0. The Morgan fingerprint density at radius 3 is 2.42 bits per heavy atom. The van der Waals surface area contributed by atoms with E-state index in [0.717, 1.165) is 12.8 Å². The molecule has 1 aliphatic rings. The zero-order chi connectivity index (χ0) is 14.0. The van der Waals surface area contributed by atoms with E-state index in [0.29, 0.717) is 0 Å². The van der Waals surface area contributed by atoms with E-state index in [-0.39, 0.29) is 5.41 Å². The minimum absolute atomic E-state index is 0.0238. The van der Waals surface area contributed by atoms with Gasteiger partial charge in [0, 0.05) is 16.5 Å². The van der Waals surface area contributed by atoms with Gasteiger partial charge in [-0.2, -0.15) is 0 Å². The van der Waals surface area contributed by atoms with Crippen LogP contribution in [0.3, 0.4) is 0 Å². The highest BCUT2D eigenvalue weighted by Crippen LogP contribution is 2.46. The molecular weight excluding hydrogens is 254 g/mol. The molecule has 0 saturated carbocycles. The summed E-state index contributed by atoms with van der Waals surface area (Å²) >= 11 is 1.59. The van der Waals surface area contributed by atoms with Gasteiger partial charge in [-0.1, -0.05) is 43.0 Å². The average molecular weight is 277 g/mol. The van der Waals surface area contributed by atoms with Crippen LogP contribution in [0.5, 0.6) is 0 Å². The van der Waals surface area contributed by atoms with E-state index in [1.54, 1.807) is 16.5 Å². The largest absolute Gasteiger partial charge is 0.302 e. The maximum Gasteiger partial charge on any atom is 0.0312 e. The highest BCUT2D eigenvalue weighted by atomic mass is 32.2. The van der Waals surface area contributed by atoms with E-state index in [9.17, 15) is 0 Å². The van der Waals surface area contributed by atoms with Gasteiger partial charge >= 0.3 is 0 Å². The van der Waals surface area contributed by atoms with Crippen molar-refractivity contribution in [3.8, 4) is 0 Å². The lowest BCUT2D eigenvalue weighted by Crippen LogP contribution is -2.30. The molecule has 1 heterocycles. The summed E-state index contributed by atoms with van der Waals surface area (Å²) in [6.45, 7) is 8.96. The van der Waals surface area contributed by atoms with E-state index >= 15 is 0 Å². The maximum atomic E-state index is 5.81. The molecule has 19 heavy (non-hydrogen) atoms. The number of nitrogens with zero attached hydrogens (tertiary/aromatic N) is 1. The topological polar surface area (TPSA) is 41.3 Å². The van der Waals surface area contributed by atoms with Crippen molar-refractivity contribution < 1.29 is 0 Å². The molecule has 1 aromatic carbocycles. The molecule has 1 aromatic rings. The first-order valence-corrected chi connectivity index (χ1v) is 7.52. The van der Waals surface area contributed by atoms with Crippen molar-refractivity contribution in [1.82, 2.24) is 9.95 Å². The molecule has 3 nitrogen and oxygen atoms in total. The molecule has 0 aliphatic carbocycles. The van der Waals surface area contributed by atoms with Crippen LogP contribution in [0.25, 0.3) is 0 Å². The summed E-state index contributed by atoms with van der Waals surface area (Å²) in [5.74, 6) is 5.81. The van der Waals surface area contributed by atoms with E-state index in [2.05, 4.69) is 51.3 Å². The minimum Gasteiger partial charge on any atom is -0.302 e. The zero-order valence-electron chi connectivity index (χ0n) is 12.2. The fraction of sp³-hybridized carbons (Fsp3) is 0.467. The number of benzene rings is 1. The van der Waals surface area contributed by atoms with Crippen LogP contribution in [-0.2, 0) is 5.41 Å². The smallest absolute Gasteiger partial charge is 0.0312 e. The number of nitrogens with two attached hydrogens (primary N) is 1. The van der Waals surface area contributed by atoms with Gasteiger partial charge in [0.15, 0.2) is 0 Å². The molecule has 0 fully saturated rings. The summed E-state index contributed by atoms with van der Waals surface area (Å²) in [5, 5.41) is 0. The summed E-state index contributed by atoms with van der Waals surface area (Å²) in [5.41, 5.74) is 7.22. The normalized spacial score (nSPS) is 18.9. The summed E-state index contributed by atoms with van der Waals surface area (Å²) in [7, 11) is 0. The van der Waals surface area contributed by atoms with Gasteiger partial charge in [0.1, 0.15) is 0 Å². The Kier molecular flexibility index (Phi) is 4.23. The third-order valence-electron chi connectivity index (χ3n) is 3.85. The fourth-order valence-corrected chi connectivity index (χ4v) is 3.93. The van der Waals surface area contributed by atoms with Crippen molar-refractivity contribution >= 4 is 11.9 Å². The Bertz CT molecular complexity index is 478. The average Bonchev–Trinajstić information content (AvgIpc) is 2.76. The van der Waals surface area contributed by atoms with Crippen LogP contribution in [-0.4, -0.2) is 4.52 Å². The summed E-state index contributed by atoms with van der Waals surface area (Å²) in [6.07, 6.45) is 4.30. The van der Waals surface area contributed by atoms with Crippen LogP contribution in [0.2, 0.25) is 0 Å². The third-order valence-corrected chi connectivity index (χ3v) is 4.91. The van der Waals surface area contributed by atoms with Crippen LogP contribution in [0.1, 0.15) is 43.4 Å². The van der Waals surface area contributed by atoms with Crippen LogP contribution in [0, 0.1) is 13.8 Å². The number of aryl methyl sites for hydroxylation is 2. The quantitative estimate of drug-likeness (QED) is 0.652. The van der Waals surface area contributed by atoms with Crippen molar-refractivity contribution in [3.05, 3.63) is 46.0 Å². The van der Waals surface area contributed by atoms with Gasteiger partial charge in [-0.25, -0.2) is 5.84 Å². The number of hydrazine groups is 2. The summed E-state index contributed by atoms with van der Waals surface area (Å²) in [4.78, 5) is 1.29. The van der Waals surface area contributed by atoms with Gasteiger partial charge in [-0.3, -0.25) is 0 Å². The van der Waals surface area contributed by atoms with Gasteiger partial charge in [-0.15, -0.1) is 0 Å². The molecule has 1 unspecified atom stereocenters. The predicted molar refractivity (Wildman–Crippen MR) is 83.0 cm³/mol. The molecule has 0 aromatic heterocycles. The molecule has 2 rings (SSSR count). The molecule has 3 N–H and O–H groups in total. The Balaban J connectivity index is 2.50. The van der Waals surface area contributed by atoms with Crippen LogP contribution in [0.15, 0.2) is 29.3 Å². The molecule has 4 heteroatoms. The number of hydrogen-bond acceptors (Lipinski definition) is 4. The molecule has 0 saturated heterocycles. The molecule has 0 bridgehead atoms. The summed E-state index contributed by atoms with van der Waals surface area (Å²) < 4.78 is 1.57. The Labute approximate surface area is 120 Å². The van der Waals surface area contributed by atoms with Gasteiger partial charge in [-0.05, 0) is 48.9 Å². The predicted octanol–water partition coefficient (Wildman–Crippen LogP) is 3.54. The molecular formula is C15H23N3S. The second-order valence-electron chi connectivity index (χ2n) is 5.40. The van der Waals surface area contributed by atoms with E-state index in [1.807, 2.05) is 6.20 Å². The Morgan fingerprint density at radius 1 is 1.32 bits per heavy atom. The van der Waals surface area contributed by atoms with Gasteiger partial charge in [0.05, 0.1) is 0 Å². The third kappa shape index (κ3) is 2.66. The number of rotatable bonds is 4. The highest BCUT2D eigenvalue weighted by Gasteiger charge is 2.36. The Hall–Kier alpha value is -0.970. The lowest BCUT2D eigenvalue weighted by molar-refractivity contribution is 0.440. The number of hydrogen-bond donors (Lipinski definition) is 2. The number of allylic oxidation sites excluding steroid dienone is 1. The standard InChI is InChI=1S/C15H23N3S/c1-5-9-15(4,13-10-17-18(16)19-13)14-11(2)7-6-8-12(14)3/h6-8,10,17H,5,9,16H2,1-4H3. The Morgan fingerprint density at radius 2 is 1.95 bits per heavy atom. The first-order valence-electron chi connectivity index (χ1n) is 6.75. The molecule has 0 amide bonds. The lowest BCUT2D eigenvalue weighted by Gasteiger charge is -2.33. The molecule has 0 radical (unpaired) electrons. The molecule has 0 spiro atoms. The van der Waals surface area contributed by atoms with Crippen molar-refractivity contribution in [1.29, 1.82) is 0 Å². The van der Waals surface area contributed by atoms with E-state index in [1.165, 1.54) is 21.6 Å². The van der Waals surface area contributed by atoms with Gasteiger partial charge < -0.3 is 5.43 Å².